The summed E-state index contributed by atoms with van der Waals surface area (Å²) >= 11 is 0. The number of esters is 1. The number of para-hydroxylation sites is 1. The average molecular weight is 811 g/mol. The van der Waals surface area contributed by atoms with Crippen molar-refractivity contribution in [2.75, 3.05) is 27.7 Å². The lowest BCUT2D eigenvalue weighted by molar-refractivity contribution is -0.295. The van der Waals surface area contributed by atoms with E-state index in [0.29, 0.717) is 13.0 Å². The molecule has 0 radical (unpaired) electrons. The molecule has 2 N–H and O–H groups in total. The van der Waals surface area contributed by atoms with E-state index in [1.54, 1.807) is 34.6 Å². The van der Waals surface area contributed by atoms with Crippen LogP contribution in [-0.2, 0) is 44.5 Å². The smallest absolute Gasteiger partial charge is 0.425 e. The van der Waals surface area contributed by atoms with Gasteiger partial charge in [-0.05, 0) is 91.1 Å². The molecule has 1 aromatic carbocycles. The zero-order valence-electron chi connectivity index (χ0n) is 36.1. The summed E-state index contributed by atoms with van der Waals surface area (Å²) in [5.74, 6) is -3.77. The molecule has 14 nitrogen and oxygen atoms in total. The molecule has 58 heavy (non-hydrogen) atoms. The van der Waals surface area contributed by atoms with Gasteiger partial charge in [0.15, 0.2) is 11.9 Å². The Balaban J connectivity index is 1.37. The molecular formula is C44H66N4O10. The second kappa shape index (κ2) is 19.2. The summed E-state index contributed by atoms with van der Waals surface area (Å²) in [4.78, 5) is 62.4. The zero-order valence-corrected chi connectivity index (χ0v) is 36.1. The van der Waals surface area contributed by atoms with Gasteiger partial charge in [0.1, 0.15) is 36.2 Å². The first-order valence-electron chi connectivity index (χ1n) is 21.0. The largest absolute Gasteiger partial charge is 0.458 e. The van der Waals surface area contributed by atoms with Crippen LogP contribution in [0.15, 0.2) is 36.5 Å². The van der Waals surface area contributed by atoms with Gasteiger partial charge in [-0.3, -0.25) is 19.4 Å². The van der Waals surface area contributed by atoms with Gasteiger partial charge in [0.25, 0.3) is 0 Å². The second-order valence-corrected chi connectivity index (χ2v) is 17.3. The van der Waals surface area contributed by atoms with Gasteiger partial charge >= 0.3 is 12.1 Å². The lowest BCUT2D eigenvalue weighted by Crippen LogP contribution is -2.61. The van der Waals surface area contributed by atoms with Crippen LogP contribution < -0.4 is 5.43 Å². The van der Waals surface area contributed by atoms with Crippen molar-refractivity contribution >= 4 is 34.5 Å². The number of nitrogens with one attached hydrogen (secondary N) is 1. The highest BCUT2D eigenvalue weighted by Crippen LogP contribution is 2.42. The minimum atomic E-state index is -1.42. The molecule has 2 aromatic rings. The first-order chi connectivity index (χ1) is 27.4. The van der Waals surface area contributed by atoms with Gasteiger partial charge in [-0.1, -0.05) is 52.3 Å². The number of pyridine rings is 1. The number of methoxy groups -OCH3 is 1. The number of hydrogen-bond donors (Lipinski definition) is 2. The highest BCUT2D eigenvalue weighted by atomic mass is 16.7. The molecule has 3 saturated heterocycles. The van der Waals surface area contributed by atoms with E-state index in [0.717, 1.165) is 36.6 Å². The number of carbonyl (C=O) groups is 4. The van der Waals surface area contributed by atoms with Gasteiger partial charge in [-0.15, -0.1) is 0 Å². The molecule has 4 heterocycles. The summed E-state index contributed by atoms with van der Waals surface area (Å²) in [7, 11) is 5.24. The number of fused-ring (bicyclic) bond motifs is 2. The molecule has 3 aliphatic heterocycles. The van der Waals surface area contributed by atoms with Gasteiger partial charge in [-0.2, -0.15) is 0 Å². The van der Waals surface area contributed by atoms with Crippen LogP contribution in [0.2, 0.25) is 0 Å². The molecule has 3 fully saturated rings. The first-order valence-corrected chi connectivity index (χ1v) is 21.0. The van der Waals surface area contributed by atoms with Crippen molar-refractivity contribution in [1.29, 1.82) is 0 Å². The molecule has 0 unspecified atom stereocenters. The molecule has 1 amide bonds. The van der Waals surface area contributed by atoms with Gasteiger partial charge in [0.05, 0.1) is 23.3 Å². The maximum absolute atomic E-state index is 14.6. The molecule has 12 atom stereocenters. The molecule has 14 heteroatoms. The fraction of sp³-hybridized carbons (Fsp3) is 0.705. The lowest BCUT2D eigenvalue weighted by atomic mass is 9.74. The topological polar surface area (TPSA) is 166 Å². The number of Topliss-reactive ketones (excluding diaryl/α,β-unsaturated/α-hetero) is 2. The number of nitrogens with zero attached hydrogens (tertiary/aromatic N) is 3. The third-order valence-electron chi connectivity index (χ3n) is 12.8. The van der Waals surface area contributed by atoms with Crippen LogP contribution in [0.5, 0.6) is 0 Å². The van der Waals surface area contributed by atoms with Crippen LogP contribution >= 0.6 is 0 Å². The number of aryl methyl sites for hydroxylation is 1. The van der Waals surface area contributed by atoms with E-state index >= 15 is 0 Å². The molecule has 0 aliphatic carbocycles. The van der Waals surface area contributed by atoms with Gasteiger partial charge in [-0.25, -0.2) is 15.2 Å². The Kier molecular flexibility index (Phi) is 15.1. The summed E-state index contributed by atoms with van der Waals surface area (Å²) in [6, 6.07) is 9.02. The number of hydrazine groups is 1. The maximum atomic E-state index is 14.6. The lowest BCUT2D eigenvalue weighted by Gasteiger charge is -2.47. The third kappa shape index (κ3) is 9.74. The number of aromatic nitrogens is 1. The number of ether oxygens (including phenoxy) is 5. The number of hydrogen-bond acceptors (Lipinski definition) is 13. The summed E-state index contributed by atoms with van der Waals surface area (Å²) < 4.78 is 30.9. The summed E-state index contributed by atoms with van der Waals surface area (Å²) in [5.41, 5.74) is 2.80. The van der Waals surface area contributed by atoms with Crippen LogP contribution in [0, 0.1) is 17.8 Å². The summed E-state index contributed by atoms with van der Waals surface area (Å²) in [6.45, 7) is 12.8. The van der Waals surface area contributed by atoms with Gasteiger partial charge in [0.2, 0.25) is 0 Å². The highest BCUT2D eigenvalue weighted by molar-refractivity contribution is 5.97. The minimum absolute atomic E-state index is 0.129. The molecule has 0 saturated carbocycles. The molecule has 1 aromatic heterocycles. The number of unbranched alkanes of at least 4 members (excludes halogenated alkanes) is 2. The van der Waals surface area contributed by atoms with Crippen molar-refractivity contribution in [3.8, 4) is 0 Å². The first kappa shape index (κ1) is 45.6. The predicted octanol–water partition coefficient (Wildman–Crippen LogP) is 5.41. The summed E-state index contributed by atoms with van der Waals surface area (Å²) in [6.07, 6.45) is 0.630. The Morgan fingerprint density at radius 1 is 1.02 bits per heavy atom. The predicted molar refractivity (Wildman–Crippen MR) is 217 cm³/mol. The van der Waals surface area contributed by atoms with Crippen LogP contribution in [0.4, 0.5) is 4.79 Å². The number of cyclic esters (lactones) is 1. The normalized spacial score (nSPS) is 35.5. The fourth-order valence-electron chi connectivity index (χ4n) is 9.49. The Hall–Kier alpha value is -3.53. The van der Waals surface area contributed by atoms with E-state index < -0.39 is 83.9 Å². The van der Waals surface area contributed by atoms with Crippen molar-refractivity contribution < 1.29 is 48.0 Å². The molecule has 5 rings (SSSR count). The van der Waals surface area contributed by atoms with Crippen molar-refractivity contribution in [2.45, 2.75) is 154 Å². The number of benzene rings is 1. The monoisotopic (exact) mass is 810 g/mol. The van der Waals surface area contributed by atoms with Crippen LogP contribution in [0.25, 0.3) is 10.9 Å². The van der Waals surface area contributed by atoms with Crippen molar-refractivity contribution in [3.63, 3.8) is 0 Å². The number of amides is 1. The van der Waals surface area contributed by atoms with E-state index in [1.807, 2.05) is 57.2 Å². The average Bonchev–Trinajstić information content (AvgIpc) is 3.45. The van der Waals surface area contributed by atoms with E-state index in [1.165, 1.54) is 17.7 Å². The van der Waals surface area contributed by atoms with Crippen molar-refractivity contribution in [1.82, 2.24) is 20.3 Å². The number of aliphatic hydroxyl groups is 1. The fourth-order valence-corrected chi connectivity index (χ4v) is 9.49. The number of ketones is 2. The summed E-state index contributed by atoms with van der Waals surface area (Å²) in [5, 5.41) is 13.9. The van der Waals surface area contributed by atoms with E-state index in [2.05, 4.69) is 22.5 Å². The molecule has 0 bridgehead atoms. The third-order valence-corrected chi connectivity index (χ3v) is 12.8. The van der Waals surface area contributed by atoms with Crippen LogP contribution in [-0.4, -0.2) is 125 Å². The van der Waals surface area contributed by atoms with E-state index in [-0.39, 0.29) is 30.8 Å². The van der Waals surface area contributed by atoms with Crippen molar-refractivity contribution in [3.05, 3.63) is 42.1 Å². The van der Waals surface area contributed by atoms with Gasteiger partial charge < -0.3 is 33.7 Å². The van der Waals surface area contributed by atoms with Gasteiger partial charge in [0, 0.05) is 49.0 Å². The molecule has 3 aliphatic rings. The molecular weight excluding hydrogens is 745 g/mol. The number of likely N-dealkylation sites (N-methyl/N-ethyl adjacent to an activating group) is 1. The Labute approximate surface area is 343 Å². The molecule has 0 spiro atoms. The standard InChI is InChI=1S/C44H66N4O10/c1-11-35-44(7)39(48(42(53)58-44)46-21-16-12-13-17-30-20-22-45-32-19-15-14-18-31(30)32)29(5)37(51)26(2)25-43(6,54-10)40(28(4)34(49)24-36(50)56-35)57-41-38(52)33(47(8)9)23-27(3)55-41/h14-15,18-20,22,26-29,33,35,38-41,46,52H,11-13,16-17,21,23-25H2,1-10H3/t26-,27-,28+,29+,33+,35-,38-,39+,40-,41+,43-,44-/m1/s1. The Bertz CT molecular complexity index is 1750. The number of carbonyl (C=O) groups excluding carboxylic acids is 4. The molecule has 322 valence electrons. The van der Waals surface area contributed by atoms with E-state index in [9.17, 15) is 24.3 Å². The van der Waals surface area contributed by atoms with Crippen molar-refractivity contribution in [2.24, 2.45) is 17.8 Å². The zero-order chi connectivity index (χ0) is 42.5. The number of aliphatic hydroxyl groups excluding tert-OH is 1. The van der Waals surface area contributed by atoms with Crippen LogP contribution in [0.1, 0.15) is 99.0 Å². The number of rotatable bonds is 12. The maximum Gasteiger partial charge on any atom is 0.425 e. The SMILES string of the molecule is CC[C@H]1OC(=O)CC(=O)[C@H](C)[C@@H](O[C@@H]2O[C@H](C)C[C@H](N(C)C)[C@H]2O)[C@](C)(OC)C[C@@H](C)C(=O)[C@H](C)[C@@H]2N(NCCCCCc3ccnc4ccccc34)C(=O)O[C@@]21C. The quantitative estimate of drug-likeness (QED) is 0.159. The van der Waals surface area contributed by atoms with Crippen LogP contribution in [0.3, 0.4) is 0 Å². The highest BCUT2D eigenvalue weighted by Gasteiger charge is 2.60. The minimum Gasteiger partial charge on any atom is -0.458 e. The van der Waals surface area contributed by atoms with E-state index in [4.69, 9.17) is 23.7 Å². The second-order valence-electron chi connectivity index (χ2n) is 17.3. The Morgan fingerprint density at radius 3 is 2.43 bits per heavy atom. The Morgan fingerprint density at radius 2 is 1.74 bits per heavy atom.